The van der Waals surface area contributed by atoms with Gasteiger partial charge in [-0.1, -0.05) is 77.0 Å². The van der Waals surface area contributed by atoms with Crippen LogP contribution >= 0.6 is 0 Å². The summed E-state index contributed by atoms with van der Waals surface area (Å²) in [6.45, 7) is 14.1. The molecule has 3 saturated carbocycles. The Morgan fingerprint density at radius 3 is 2.40 bits per heavy atom. The number of allylic oxidation sites excluding steroid dienone is 5. The highest BCUT2D eigenvalue weighted by Gasteiger charge is 2.59. The molecule has 4 rings (SSSR count). The van der Waals surface area contributed by atoms with E-state index in [1.54, 1.807) is 5.57 Å². The van der Waals surface area contributed by atoms with Crippen LogP contribution in [-0.4, -0.2) is 22.4 Å². The van der Waals surface area contributed by atoms with Gasteiger partial charge in [-0.2, -0.15) is 0 Å². The fourth-order valence-electron chi connectivity index (χ4n) is 7.68. The van der Waals surface area contributed by atoms with Gasteiger partial charge in [0.05, 0.1) is 12.2 Å². The van der Waals surface area contributed by atoms with Gasteiger partial charge in [-0.05, 0) is 84.9 Å². The van der Waals surface area contributed by atoms with Crippen molar-refractivity contribution in [1.29, 1.82) is 0 Å². The highest BCUT2D eigenvalue weighted by Crippen LogP contribution is 2.66. The number of fused-ring (bicyclic) bond motifs is 5. The highest BCUT2D eigenvalue weighted by atomic mass is 16.3. The first kappa shape index (κ1) is 22.3. The third-order valence-electron chi connectivity index (χ3n) is 9.99. The molecule has 2 heteroatoms. The molecule has 0 bridgehead atoms. The molecule has 0 aromatic rings. The van der Waals surface area contributed by atoms with Crippen LogP contribution in [0.15, 0.2) is 35.5 Å². The van der Waals surface area contributed by atoms with E-state index in [4.69, 9.17) is 0 Å². The van der Waals surface area contributed by atoms with E-state index in [2.05, 4.69) is 65.8 Å². The van der Waals surface area contributed by atoms with Crippen LogP contribution in [0.4, 0.5) is 0 Å². The molecule has 4 aliphatic rings. The van der Waals surface area contributed by atoms with Gasteiger partial charge in [0.2, 0.25) is 0 Å². The van der Waals surface area contributed by atoms with E-state index in [0.29, 0.717) is 35.5 Å². The first-order valence-corrected chi connectivity index (χ1v) is 12.5. The maximum absolute atomic E-state index is 11.2. The molecule has 0 amide bonds. The molecular formula is C28H44O2. The van der Waals surface area contributed by atoms with Crippen LogP contribution < -0.4 is 0 Å². The van der Waals surface area contributed by atoms with Crippen molar-refractivity contribution in [3.63, 3.8) is 0 Å². The lowest BCUT2D eigenvalue weighted by Gasteiger charge is -2.55. The molecule has 168 valence electrons. The number of aliphatic hydroxyl groups excluding tert-OH is 2. The summed E-state index contributed by atoms with van der Waals surface area (Å²) in [6.07, 6.45) is 15.4. The van der Waals surface area contributed by atoms with E-state index >= 15 is 0 Å². The normalized spacial score (nSPS) is 45.4. The van der Waals surface area contributed by atoms with Crippen molar-refractivity contribution in [2.75, 3.05) is 0 Å². The molecular weight excluding hydrogens is 368 g/mol. The first-order valence-electron chi connectivity index (χ1n) is 12.5. The molecule has 30 heavy (non-hydrogen) atoms. The summed E-state index contributed by atoms with van der Waals surface area (Å²) in [4.78, 5) is 0. The minimum atomic E-state index is -0.208. The van der Waals surface area contributed by atoms with Crippen molar-refractivity contribution in [2.45, 2.75) is 92.3 Å². The minimum Gasteiger partial charge on any atom is -0.393 e. The van der Waals surface area contributed by atoms with Gasteiger partial charge in [0.1, 0.15) is 0 Å². The van der Waals surface area contributed by atoms with Crippen LogP contribution in [0, 0.1) is 46.3 Å². The van der Waals surface area contributed by atoms with Crippen molar-refractivity contribution in [3.8, 4) is 0 Å². The SMILES string of the molecule is CC(C)[C@@H](C)/C=C/[C@@H](C)[C@H]1C(O)C[C@H]2C3=CC=C4C[C@@H](O)CC[C@]4(C)[C@H]3CC[C@]12C. The van der Waals surface area contributed by atoms with Crippen LogP contribution in [-0.2, 0) is 0 Å². The average Bonchev–Trinajstić information content (AvgIpc) is 2.96. The van der Waals surface area contributed by atoms with Crippen molar-refractivity contribution in [3.05, 3.63) is 35.5 Å². The average molecular weight is 413 g/mol. The smallest absolute Gasteiger partial charge is 0.0585 e. The summed E-state index contributed by atoms with van der Waals surface area (Å²) >= 11 is 0. The lowest BCUT2D eigenvalue weighted by molar-refractivity contribution is 0.0175. The van der Waals surface area contributed by atoms with Gasteiger partial charge in [-0.3, -0.25) is 0 Å². The van der Waals surface area contributed by atoms with E-state index in [1.165, 1.54) is 18.4 Å². The predicted molar refractivity (Wildman–Crippen MR) is 125 cm³/mol. The van der Waals surface area contributed by atoms with Crippen LogP contribution in [0.3, 0.4) is 0 Å². The number of hydrogen-bond acceptors (Lipinski definition) is 2. The van der Waals surface area contributed by atoms with Crippen molar-refractivity contribution in [1.82, 2.24) is 0 Å². The second-order valence-electron chi connectivity index (χ2n) is 12.0. The Morgan fingerprint density at radius 2 is 1.70 bits per heavy atom. The second-order valence-corrected chi connectivity index (χ2v) is 12.0. The lowest BCUT2D eigenvalue weighted by atomic mass is 9.50. The molecule has 0 spiro atoms. The van der Waals surface area contributed by atoms with Crippen LogP contribution in [0.25, 0.3) is 0 Å². The molecule has 2 N–H and O–H groups in total. The van der Waals surface area contributed by atoms with Crippen LogP contribution in [0.1, 0.15) is 80.1 Å². The summed E-state index contributed by atoms with van der Waals surface area (Å²) in [5, 5.41) is 21.4. The zero-order valence-corrected chi connectivity index (χ0v) is 20.1. The zero-order valence-electron chi connectivity index (χ0n) is 20.1. The monoisotopic (exact) mass is 412 g/mol. The molecule has 0 saturated heterocycles. The Labute approximate surface area is 184 Å². The largest absolute Gasteiger partial charge is 0.393 e. The van der Waals surface area contributed by atoms with E-state index in [0.717, 1.165) is 25.7 Å². The molecule has 0 heterocycles. The van der Waals surface area contributed by atoms with E-state index in [1.807, 2.05) is 0 Å². The third kappa shape index (κ3) is 3.47. The Hall–Kier alpha value is -0.860. The van der Waals surface area contributed by atoms with E-state index in [-0.39, 0.29) is 23.0 Å². The first-order chi connectivity index (χ1) is 14.1. The number of aliphatic hydroxyl groups is 2. The van der Waals surface area contributed by atoms with Gasteiger partial charge in [0.25, 0.3) is 0 Å². The minimum absolute atomic E-state index is 0.160. The summed E-state index contributed by atoms with van der Waals surface area (Å²) in [5.74, 6) is 3.08. The van der Waals surface area contributed by atoms with Gasteiger partial charge in [-0.25, -0.2) is 0 Å². The third-order valence-corrected chi connectivity index (χ3v) is 9.99. The topological polar surface area (TPSA) is 40.5 Å². The second kappa shape index (κ2) is 7.93. The molecule has 2 nitrogen and oxygen atoms in total. The molecule has 0 radical (unpaired) electrons. The molecule has 0 aliphatic heterocycles. The Balaban J connectivity index is 1.61. The molecule has 1 unspecified atom stereocenters. The van der Waals surface area contributed by atoms with Gasteiger partial charge >= 0.3 is 0 Å². The molecule has 3 fully saturated rings. The van der Waals surface area contributed by atoms with Crippen LogP contribution in [0.5, 0.6) is 0 Å². The summed E-state index contributed by atoms with van der Waals surface area (Å²) in [6, 6.07) is 0. The Bertz CT molecular complexity index is 746. The maximum atomic E-state index is 11.2. The summed E-state index contributed by atoms with van der Waals surface area (Å²) in [7, 11) is 0. The molecule has 0 aromatic carbocycles. The summed E-state index contributed by atoms with van der Waals surface area (Å²) < 4.78 is 0. The fraction of sp³-hybridized carbons (Fsp3) is 0.786. The summed E-state index contributed by atoms with van der Waals surface area (Å²) in [5.41, 5.74) is 3.47. The van der Waals surface area contributed by atoms with E-state index < -0.39 is 0 Å². The molecule has 0 aromatic heterocycles. The quantitative estimate of drug-likeness (QED) is 0.532. The van der Waals surface area contributed by atoms with Gasteiger partial charge in [-0.15, -0.1) is 0 Å². The van der Waals surface area contributed by atoms with Gasteiger partial charge in [0.15, 0.2) is 0 Å². The van der Waals surface area contributed by atoms with Crippen molar-refractivity contribution >= 4 is 0 Å². The maximum Gasteiger partial charge on any atom is 0.0585 e. The molecule has 4 aliphatic carbocycles. The van der Waals surface area contributed by atoms with Crippen molar-refractivity contribution in [2.24, 2.45) is 46.3 Å². The zero-order chi connectivity index (χ0) is 21.8. The van der Waals surface area contributed by atoms with Crippen LogP contribution in [0.2, 0.25) is 0 Å². The standard InChI is InChI=1S/C28H44O2/c1-17(2)18(3)7-8-19(4)26-25(30)16-24-22-10-9-20-15-21(29)11-13-27(20,5)23(22)12-14-28(24,26)6/h7-10,17-19,21,23-26,29-30H,11-16H2,1-6H3/b8-7+/t18-,19+,21-,23-,24-,25?,26-,27-,28-/m0/s1. The van der Waals surface area contributed by atoms with Gasteiger partial charge < -0.3 is 10.2 Å². The Morgan fingerprint density at radius 1 is 0.967 bits per heavy atom. The lowest BCUT2D eigenvalue weighted by Crippen LogP contribution is -2.46. The number of rotatable bonds is 4. The van der Waals surface area contributed by atoms with Crippen molar-refractivity contribution < 1.29 is 10.2 Å². The fourth-order valence-corrected chi connectivity index (χ4v) is 7.68. The Kier molecular flexibility index (Phi) is 5.90. The number of hydrogen-bond donors (Lipinski definition) is 2. The van der Waals surface area contributed by atoms with E-state index in [9.17, 15) is 10.2 Å². The highest BCUT2D eigenvalue weighted by molar-refractivity contribution is 5.39. The predicted octanol–water partition coefficient (Wildman–Crippen LogP) is 6.30. The van der Waals surface area contributed by atoms with Gasteiger partial charge in [0, 0.05) is 0 Å². The molecule has 9 atom stereocenters.